The van der Waals surface area contributed by atoms with Gasteiger partial charge >= 0.3 is 0 Å². The summed E-state index contributed by atoms with van der Waals surface area (Å²) in [5, 5.41) is 5.10. The molecule has 2 rings (SSSR count). The largest absolute Gasteiger partial charge is 0.495 e. The second kappa shape index (κ2) is 6.91. The van der Waals surface area contributed by atoms with E-state index in [0.717, 1.165) is 43.3 Å². The smallest absolute Gasteiger partial charge is 0.267 e. The number of methoxy groups -OCH3 is 1. The number of carbonyl (C=O) groups excluding carboxylic acids is 1. The average molecular weight is 282 g/mol. The molecular formula is C14H22N2O2S. The van der Waals surface area contributed by atoms with Crippen LogP contribution in [0, 0.1) is 5.92 Å². The maximum atomic E-state index is 12.4. The minimum Gasteiger partial charge on any atom is -0.495 e. The Kier molecular flexibility index (Phi) is 5.22. The quantitative estimate of drug-likeness (QED) is 0.900. The average Bonchev–Trinajstić information content (AvgIpc) is 2.93. The first-order valence-electron chi connectivity index (χ1n) is 6.81. The lowest BCUT2D eigenvalue weighted by Crippen LogP contribution is -2.38. The molecule has 5 heteroatoms. The number of hydrogen-bond donors (Lipinski definition) is 1. The van der Waals surface area contributed by atoms with Gasteiger partial charge in [-0.15, -0.1) is 11.3 Å². The van der Waals surface area contributed by atoms with E-state index in [4.69, 9.17) is 4.74 Å². The fourth-order valence-electron chi connectivity index (χ4n) is 2.53. The number of nitrogens with one attached hydrogen (secondary N) is 1. The van der Waals surface area contributed by atoms with Crippen LogP contribution in [-0.2, 0) is 0 Å². The van der Waals surface area contributed by atoms with Crippen LogP contribution < -0.4 is 10.1 Å². The summed E-state index contributed by atoms with van der Waals surface area (Å²) in [5.41, 5.74) is 0. The van der Waals surface area contributed by atoms with Crippen molar-refractivity contribution in [2.24, 2.45) is 5.92 Å². The summed E-state index contributed by atoms with van der Waals surface area (Å²) in [7, 11) is 3.60. The Balaban J connectivity index is 1.89. The molecule has 1 aromatic rings. The highest BCUT2D eigenvalue weighted by Gasteiger charge is 2.25. The third kappa shape index (κ3) is 3.48. The molecule has 1 fully saturated rings. The first kappa shape index (κ1) is 14.3. The lowest BCUT2D eigenvalue weighted by atomic mass is 9.93. The van der Waals surface area contributed by atoms with Crippen LogP contribution in [0.5, 0.6) is 5.75 Å². The lowest BCUT2D eigenvalue weighted by molar-refractivity contribution is 0.0689. The number of piperidine rings is 1. The number of ether oxygens (including phenoxy) is 1. The fourth-order valence-corrected chi connectivity index (χ4v) is 3.36. The molecule has 0 bridgehead atoms. The molecule has 0 aliphatic carbocycles. The highest BCUT2D eigenvalue weighted by molar-refractivity contribution is 7.12. The third-order valence-corrected chi connectivity index (χ3v) is 4.63. The van der Waals surface area contributed by atoms with E-state index in [1.807, 2.05) is 23.4 Å². The first-order valence-corrected chi connectivity index (χ1v) is 7.69. The van der Waals surface area contributed by atoms with Crippen molar-refractivity contribution in [3.05, 3.63) is 16.3 Å². The molecule has 1 amide bonds. The van der Waals surface area contributed by atoms with E-state index in [-0.39, 0.29) is 5.91 Å². The number of likely N-dealkylation sites (tertiary alicyclic amines) is 1. The van der Waals surface area contributed by atoms with Crippen LogP contribution in [0.4, 0.5) is 0 Å². The van der Waals surface area contributed by atoms with Gasteiger partial charge in [-0.2, -0.15) is 0 Å². The van der Waals surface area contributed by atoms with Gasteiger partial charge in [-0.05, 0) is 50.2 Å². The summed E-state index contributed by atoms with van der Waals surface area (Å²) < 4.78 is 5.23. The van der Waals surface area contributed by atoms with Crippen LogP contribution in [0.25, 0.3) is 0 Å². The number of thiophene rings is 1. The van der Waals surface area contributed by atoms with Gasteiger partial charge in [0.15, 0.2) is 0 Å². The predicted molar refractivity (Wildman–Crippen MR) is 78.0 cm³/mol. The topological polar surface area (TPSA) is 41.6 Å². The molecule has 0 atom stereocenters. The van der Waals surface area contributed by atoms with Gasteiger partial charge in [0.2, 0.25) is 0 Å². The van der Waals surface area contributed by atoms with E-state index in [9.17, 15) is 4.79 Å². The molecule has 1 aliphatic heterocycles. The summed E-state index contributed by atoms with van der Waals surface area (Å²) in [5.74, 6) is 1.58. The van der Waals surface area contributed by atoms with E-state index in [2.05, 4.69) is 5.32 Å². The van der Waals surface area contributed by atoms with Crippen molar-refractivity contribution >= 4 is 17.2 Å². The lowest BCUT2D eigenvalue weighted by Gasteiger charge is -2.31. The molecule has 4 nitrogen and oxygen atoms in total. The number of rotatable bonds is 5. The summed E-state index contributed by atoms with van der Waals surface area (Å²) in [6.45, 7) is 2.81. The summed E-state index contributed by atoms with van der Waals surface area (Å²) in [4.78, 5) is 15.1. The second-order valence-corrected chi connectivity index (χ2v) is 5.86. The van der Waals surface area contributed by atoms with Gasteiger partial charge in [0, 0.05) is 13.1 Å². The molecule has 0 spiro atoms. The van der Waals surface area contributed by atoms with E-state index in [0.29, 0.717) is 5.75 Å². The zero-order chi connectivity index (χ0) is 13.7. The van der Waals surface area contributed by atoms with Gasteiger partial charge in [0.05, 0.1) is 7.11 Å². The van der Waals surface area contributed by atoms with Gasteiger partial charge in [0.1, 0.15) is 10.6 Å². The third-order valence-electron chi connectivity index (χ3n) is 3.75. The zero-order valence-corrected chi connectivity index (χ0v) is 12.5. The van der Waals surface area contributed by atoms with Crippen molar-refractivity contribution < 1.29 is 9.53 Å². The minimum absolute atomic E-state index is 0.124. The molecule has 0 saturated carbocycles. The van der Waals surface area contributed by atoms with Crippen LogP contribution >= 0.6 is 11.3 Å². The van der Waals surface area contributed by atoms with Crippen molar-refractivity contribution in [2.75, 3.05) is 33.8 Å². The highest BCUT2D eigenvalue weighted by Crippen LogP contribution is 2.28. The summed E-state index contributed by atoms with van der Waals surface area (Å²) in [6, 6.07) is 1.86. The van der Waals surface area contributed by atoms with E-state index in [1.54, 1.807) is 7.11 Å². The standard InChI is InChI=1S/C14H22N2O2S/c1-15-7-3-11-4-8-16(9-5-11)14(17)13-12(18-2)6-10-19-13/h6,10-11,15H,3-5,7-9H2,1-2H3. The summed E-state index contributed by atoms with van der Waals surface area (Å²) >= 11 is 1.46. The van der Waals surface area contributed by atoms with Crippen molar-refractivity contribution in [3.8, 4) is 5.75 Å². The molecular weight excluding hydrogens is 260 g/mol. The van der Waals surface area contributed by atoms with Crippen molar-refractivity contribution in [1.82, 2.24) is 10.2 Å². The van der Waals surface area contributed by atoms with Gasteiger partial charge in [0.25, 0.3) is 5.91 Å². The van der Waals surface area contributed by atoms with Gasteiger partial charge < -0.3 is 15.0 Å². The normalized spacial score (nSPS) is 16.6. The molecule has 1 aliphatic rings. The van der Waals surface area contributed by atoms with Gasteiger partial charge in [-0.25, -0.2) is 0 Å². The Bertz CT molecular complexity index is 411. The Hall–Kier alpha value is -1.07. The SMILES string of the molecule is CNCCC1CCN(C(=O)c2sccc2OC)CC1. The van der Waals surface area contributed by atoms with Crippen molar-refractivity contribution in [1.29, 1.82) is 0 Å². The maximum absolute atomic E-state index is 12.4. The molecule has 0 radical (unpaired) electrons. The fraction of sp³-hybridized carbons (Fsp3) is 0.643. The Morgan fingerprint density at radius 1 is 1.53 bits per heavy atom. The predicted octanol–water partition coefficient (Wildman–Crippen LogP) is 2.22. The monoisotopic (exact) mass is 282 g/mol. The van der Waals surface area contributed by atoms with E-state index in [1.165, 1.54) is 17.8 Å². The minimum atomic E-state index is 0.124. The number of nitrogens with zero attached hydrogens (tertiary/aromatic N) is 1. The van der Waals surface area contributed by atoms with Crippen LogP contribution in [0.3, 0.4) is 0 Å². The van der Waals surface area contributed by atoms with Crippen molar-refractivity contribution in [2.45, 2.75) is 19.3 Å². The highest BCUT2D eigenvalue weighted by atomic mass is 32.1. The molecule has 1 N–H and O–H groups in total. The van der Waals surface area contributed by atoms with Crippen molar-refractivity contribution in [3.63, 3.8) is 0 Å². The van der Waals surface area contributed by atoms with Gasteiger partial charge in [-0.1, -0.05) is 0 Å². The van der Waals surface area contributed by atoms with Crippen LogP contribution in [0.2, 0.25) is 0 Å². The maximum Gasteiger partial charge on any atom is 0.267 e. The Morgan fingerprint density at radius 3 is 2.89 bits per heavy atom. The second-order valence-electron chi connectivity index (χ2n) is 4.95. The molecule has 0 aromatic carbocycles. The van der Waals surface area contributed by atoms with Crippen LogP contribution in [-0.4, -0.2) is 44.6 Å². The molecule has 19 heavy (non-hydrogen) atoms. The number of amides is 1. The van der Waals surface area contributed by atoms with E-state index >= 15 is 0 Å². The van der Waals surface area contributed by atoms with Gasteiger partial charge in [-0.3, -0.25) is 4.79 Å². The van der Waals surface area contributed by atoms with E-state index < -0.39 is 0 Å². The Morgan fingerprint density at radius 2 is 2.26 bits per heavy atom. The molecule has 106 valence electrons. The molecule has 0 unspecified atom stereocenters. The summed E-state index contributed by atoms with van der Waals surface area (Å²) in [6.07, 6.45) is 3.43. The molecule has 1 aromatic heterocycles. The van der Waals surface area contributed by atoms with Crippen LogP contribution in [0.1, 0.15) is 28.9 Å². The van der Waals surface area contributed by atoms with Crippen LogP contribution in [0.15, 0.2) is 11.4 Å². The number of hydrogen-bond acceptors (Lipinski definition) is 4. The molecule has 1 saturated heterocycles. The number of carbonyl (C=O) groups is 1. The Labute approximate surface area is 118 Å². The first-order chi connectivity index (χ1) is 9.26. The zero-order valence-electron chi connectivity index (χ0n) is 11.6. The molecule has 2 heterocycles.